The Hall–Kier alpha value is 0.215. The first-order valence-electron chi connectivity index (χ1n) is 6.97. The molecule has 0 N–H and O–H groups in total. The van der Waals surface area contributed by atoms with E-state index in [9.17, 15) is 17.3 Å². The van der Waals surface area contributed by atoms with Crippen LogP contribution in [0.15, 0.2) is 0 Å². The third kappa shape index (κ3) is 14.3. The van der Waals surface area contributed by atoms with Gasteiger partial charge in [0, 0.05) is 0 Å². The van der Waals surface area contributed by atoms with Gasteiger partial charge in [0.05, 0.1) is 0 Å². The molecule has 0 spiro atoms. The van der Waals surface area contributed by atoms with Gasteiger partial charge in [-0.05, 0) is 24.6 Å². The van der Waals surface area contributed by atoms with Gasteiger partial charge in [0.25, 0.3) is 0 Å². The van der Waals surface area contributed by atoms with Gasteiger partial charge in [-0.3, -0.25) is 0 Å². The van der Waals surface area contributed by atoms with Crippen molar-refractivity contribution in [3.8, 4) is 0 Å². The summed E-state index contributed by atoms with van der Waals surface area (Å²) >= 11 is 0. The molecule has 0 saturated heterocycles. The van der Waals surface area contributed by atoms with E-state index in [4.69, 9.17) is 0 Å². The maximum absolute atomic E-state index is 9.75. The summed E-state index contributed by atoms with van der Waals surface area (Å²) in [6.45, 7) is 9.43. The first-order valence-corrected chi connectivity index (χ1v) is 9.50. The van der Waals surface area contributed by atoms with Gasteiger partial charge in [-0.25, -0.2) is 0 Å². The molecular formula is C12H28BF4P-. The van der Waals surface area contributed by atoms with E-state index in [-0.39, 0.29) is 0 Å². The molecule has 0 aliphatic heterocycles. The van der Waals surface area contributed by atoms with E-state index in [2.05, 4.69) is 27.7 Å². The summed E-state index contributed by atoms with van der Waals surface area (Å²) in [6.07, 6.45) is 11.9. The zero-order chi connectivity index (χ0) is 14.7. The highest BCUT2D eigenvalue weighted by atomic mass is 31.2. The van der Waals surface area contributed by atoms with Crippen LogP contribution >= 0.6 is 7.26 Å². The molecule has 0 rings (SSSR count). The average molecular weight is 290 g/mol. The van der Waals surface area contributed by atoms with Crippen LogP contribution in [-0.2, 0) is 0 Å². The van der Waals surface area contributed by atoms with E-state index >= 15 is 0 Å². The molecule has 0 fully saturated rings. The minimum absolute atomic E-state index is 0.496. The lowest BCUT2D eigenvalue weighted by Crippen LogP contribution is -2.10. The van der Waals surface area contributed by atoms with Gasteiger partial charge in [-0.15, -0.1) is 7.26 Å². The van der Waals surface area contributed by atoms with Crippen LogP contribution in [-0.4, -0.2) is 31.9 Å². The summed E-state index contributed by atoms with van der Waals surface area (Å²) in [6, 6.07) is 0. The minimum Gasteiger partial charge on any atom is -0.418 e. The van der Waals surface area contributed by atoms with Crippen LogP contribution in [0.5, 0.6) is 0 Å². The third-order valence-corrected chi connectivity index (χ3v) is 8.38. The number of halogens is 4. The standard InChI is InChI=1S/C12H28P.BF4/c1-5-9-13(10-6-2,11-7-3)12-8-4;2-1(3,4)5/h5-12H2,1-4H3;/q;-1. The Morgan fingerprint density at radius 2 is 0.778 bits per heavy atom. The molecule has 0 unspecified atom stereocenters. The Bertz CT molecular complexity index is 150. The molecule has 0 nitrogen and oxygen atoms in total. The molecule has 113 valence electrons. The van der Waals surface area contributed by atoms with Gasteiger partial charge in [-0.2, -0.15) is 0 Å². The fourth-order valence-corrected chi connectivity index (χ4v) is 7.70. The van der Waals surface area contributed by atoms with Crippen molar-refractivity contribution in [1.29, 1.82) is 0 Å². The lowest BCUT2D eigenvalue weighted by molar-refractivity contribution is 0.368. The maximum atomic E-state index is 9.75. The van der Waals surface area contributed by atoms with E-state index in [0.29, 0.717) is 0 Å². The third-order valence-electron chi connectivity index (χ3n) is 2.79. The topological polar surface area (TPSA) is 0 Å². The van der Waals surface area contributed by atoms with Crippen molar-refractivity contribution in [1.82, 2.24) is 0 Å². The van der Waals surface area contributed by atoms with Crippen molar-refractivity contribution in [2.45, 2.75) is 53.4 Å². The van der Waals surface area contributed by atoms with Crippen molar-refractivity contribution in [2.24, 2.45) is 0 Å². The van der Waals surface area contributed by atoms with Gasteiger partial charge >= 0.3 is 7.25 Å². The highest BCUT2D eigenvalue weighted by Gasteiger charge is 2.23. The first-order chi connectivity index (χ1) is 8.24. The van der Waals surface area contributed by atoms with Crippen LogP contribution in [0.25, 0.3) is 0 Å². The molecule has 0 aromatic carbocycles. The van der Waals surface area contributed by atoms with Crippen LogP contribution in [0.4, 0.5) is 17.3 Å². The predicted molar refractivity (Wildman–Crippen MR) is 77.7 cm³/mol. The molecule has 6 heteroatoms. The predicted octanol–water partition coefficient (Wildman–Crippen LogP) is 5.94. The molecule has 0 bridgehead atoms. The molecular weight excluding hydrogens is 262 g/mol. The Kier molecular flexibility index (Phi) is 12.6. The van der Waals surface area contributed by atoms with Crippen LogP contribution in [0.2, 0.25) is 0 Å². The van der Waals surface area contributed by atoms with Crippen molar-refractivity contribution >= 4 is 14.5 Å². The second kappa shape index (κ2) is 11.1. The van der Waals surface area contributed by atoms with Gasteiger partial charge < -0.3 is 17.3 Å². The summed E-state index contributed by atoms with van der Waals surface area (Å²) in [5, 5.41) is 0. The Morgan fingerprint density at radius 1 is 0.611 bits per heavy atom. The molecule has 1 radical (unpaired) electrons. The smallest absolute Gasteiger partial charge is 0.418 e. The Morgan fingerprint density at radius 3 is 0.889 bits per heavy atom. The second-order valence-electron chi connectivity index (χ2n) is 4.73. The zero-order valence-corrected chi connectivity index (χ0v) is 13.1. The fraction of sp³-hybridized carbons (Fsp3) is 1.00. The average Bonchev–Trinajstić information content (AvgIpc) is 2.16. The number of rotatable bonds is 8. The second-order valence-corrected chi connectivity index (χ2v) is 9.20. The monoisotopic (exact) mass is 290 g/mol. The summed E-state index contributed by atoms with van der Waals surface area (Å²) in [5.74, 6) is 0. The largest absolute Gasteiger partial charge is 0.673 e. The lowest BCUT2D eigenvalue weighted by Gasteiger charge is -2.36. The molecule has 0 aromatic rings. The summed E-state index contributed by atoms with van der Waals surface area (Å²) < 4.78 is 39.0. The summed E-state index contributed by atoms with van der Waals surface area (Å²) in [5.41, 5.74) is 0. The van der Waals surface area contributed by atoms with E-state index in [1.165, 1.54) is 25.7 Å². The van der Waals surface area contributed by atoms with E-state index in [0.717, 1.165) is 0 Å². The maximum Gasteiger partial charge on any atom is 0.673 e. The molecule has 0 heterocycles. The summed E-state index contributed by atoms with van der Waals surface area (Å²) in [7, 11) is -6.50. The highest BCUT2D eigenvalue weighted by molar-refractivity contribution is 7.75. The van der Waals surface area contributed by atoms with Gasteiger partial charge in [0.1, 0.15) is 0 Å². The van der Waals surface area contributed by atoms with Crippen LogP contribution < -0.4 is 0 Å². The lowest BCUT2D eigenvalue weighted by atomic mass is 10.3. The molecule has 0 aromatic heterocycles. The van der Waals surface area contributed by atoms with Crippen molar-refractivity contribution in [3.63, 3.8) is 0 Å². The first kappa shape index (κ1) is 20.5. The number of hydrogen-bond donors (Lipinski definition) is 0. The Balaban J connectivity index is 0. The van der Waals surface area contributed by atoms with Crippen molar-refractivity contribution in [2.75, 3.05) is 24.6 Å². The quantitative estimate of drug-likeness (QED) is 0.294. The molecule has 0 saturated carbocycles. The fourth-order valence-electron chi connectivity index (χ4n) is 2.57. The Labute approximate surface area is 110 Å². The van der Waals surface area contributed by atoms with Crippen LogP contribution in [0.1, 0.15) is 53.4 Å². The van der Waals surface area contributed by atoms with Gasteiger partial charge in [0.2, 0.25) is 0 Å². The normalized spacial score (nSPS) is 12.0. The van der Waals surface area contributed by atoms with Gasteiger partial charge in [0.15, 0.2) is 0 Å². The zero-order valence-electron chi connectivity index (χ0n) is 12.2. The van der Waals surface area contributed by atoms with E-state index in [1.54, 1.807) is 24.6 Å². The molecule has 18 heavy (non-hydrogen) atoms. The van der Waals surface area contributed by atoms with Crippen LogP contribution in [0.3, 0.4) is 0 Å². The van der Waals surface area contributed by atoms with Crippen molar-refractivity contribution < 1.29 is 17.3 Å². The summed E-state index contributed by atoms with van der Waals surface area (Å²) in [4.78, 5) is 0. The van der Waals surface area contributed by atoms with Crippen LogP contribution in [0, 0.1) is 0 Å². The molecule has 0 aliphatic rings. The van der Waals surface area contributed by atoms with E-state index < -0.39 is 14.5 Å². The molecule has 0 amide bonds. The minimum atomic E-state index is -6.00. The molecule has 0 atom stereocenters. The van der Waals surface area contributed by atoms with E-state index in [1.807, 2.05) is 0 Å². The van der Waals surface area contributed by atoms with Crippen molar-refractivity contribution in [3.05, 3.63) is 0 Å². The SMILES string of the molecule is CCC[P](CCC)(CCC)CCC.F[B-](F)(F)F. The number of hydrogen-bond acceptors (Lipinski definition) is 0. The van der Waals surface area contributed by atoms with Gasteiger partial charge in [-0.1, -0.05) is 53.4 Å². The highest BCUT2D eigenvalue weighted by Crippen LogP contribution is 2.60. The molecule has 0 aliphatic carbocycles.